The molecule has 0 bridgehead atoms. The van der Waals surface area contributed by atoms with Crippen molar-refractivity contribution in [2.24, 2.45) is 0 Å². The maximum atomic E-state index is 13.0. The van der Waals surface area contributed by atoms with E-state index in [0.717, 1.165) is 77.0 Å². The molecule has 4 rings (SSSR count). The molecule has 0 radical (unpaired) electrons. The van der Waals surface area contributed by atoms with Gasteiger partial charge in [-0.3, -0.25) is 14.4 Å². The number of ether oxygens (including phenoxy) is 3. The van der Waals surface area contributed by atoms with E-state index in [9.17, 15) is 29.7 Å². The van der Waals surface area contributed by atoms with Gasteiger partial charge in [0.1, 0.15) is 34.5 Å². The molecule has 1 aromatic heterocycles. The average molecular weight is 1080 g/mol. The van der Waals surface area contributed by atoms with Crippen LogP contribution in [0.25, 0.3) is 34.2 Å². The summed E-state index contributed by atoms with van der Waals surface area (Å²) in [5, 5.41) is 35.1. The molecule has 0 spiro atoms. The Morgan fingerprint density at radius 2 is 0.513 bits per heavy atom. The van der Waals surface area contributed by atoms with Gasteiger partial charge in [0.2, 0.25) is 0 Å². The number of carbonyl (C=O) groups is 3. The summed E-state index contributed by atoms with van der Waals surface area (Å²) in [6, 6.07) is 9.45. The second kappa shape index (κ2) is 38.1. The Labute approximate surface area is 469 Å². The fourth-order valence-electron chi connectivity index (χ4n) is 9.98. The number of hydrogen-bond donors (Lipinski definition) is 3. The van der Waals surface area contributed by atoms with Gasteiger partial charge in [-0.25, -0.2) is 15.0 Å². The third-order valence-electron chi connectivity index (χ3n) is 15.1. The fourth-order valence-corrected chi connectivity index (χ4v) is 9.98. The maximum absolute atomic E-state index is 13.0. The van der Waals surface area contributed by atoms with Crippen LogP contribution in [-0.4, -0.2) is 48.2 Å². The number of nitrogens with zero attached hydrogens (tertiary/aromatic N) is 3. The van der Waals surface area contributed by atoms with E-state index in [1.54, 1.807) is 57.2 Å². The molecule has 0 aliphatic heterocycles. The number of phenols is 3. The first-order valence-electron chi connectivity index (χ1n) is 30.8. The predicted octanol–water partition coefficient (Wildman–Crippen LogP) is 18.7. The number of aromatic hydroxyl groups is 3. The van der Waals surface area contributed by atoms with E-state index in [-0.39, 0.29) is 106 Å². The summed E-state index contributed by atoms with van der Waals surface area (Å²) >= 11 is 0. The van der Waals surface area contributed by atoms with Crippen LogP contribution in [0.2, 0.25) is 0 Å². The Morgan fingerprint density at radius 3 is 0.718 bits per heavy atom. The van der Waals surface area contributed by atoms with Crippen molar-refractivity contribution >= 4 is 17.9 Å². The predicted molar refractivity (Wildman–Crippen MR) is 315 cm³/mol. The number of rotatable bonds is 42. The van der Waals surface area contributed by atoms with Crippen LogP contribution in [0, 0.1) is 20.8 Å². The first kappa shape index (κ1) is 65.0. The molecule has 3 aromatic carbocycles. The first-order valence-corrected chi connectivity index (χ1v) is 30.8. The molecule has 0 fully saturated rings. The zero-order valence-electron chi connectivity index (χ0n) is 49.1. The molecule has 0 unspecified atom stereocenters. The van der Waals surface area contributed by atoms with Crippen molar-refractivity contribution < 1.29 is 43.9 Å². The van der Waals surface area contributed by atoms with Crippen LogP contribution in [0.3, 0.4) is 0 Å². The lowest BCUT2D eigenvalue weighted by Gasteiger charge is -2.16. The SMILES string of the molecule is CCCCCCCCCCCCCC(=O)Oc1ccc(-c2nc(-c3ccc(OC(=O)CCCCCCCCCCCCC)c(C)c3O)nc(-c3ccc(OC(=O)CCCCCCCCCCCCC)c(C)c3O)n2)c(O)c1C. The summed E-state index contributed by atoms with van der Waals surface area (Å²) in [5.41, 5.74) is 1.49. The van der Waals surface area contributed by atoms with Crippen LogP contribution >= 0.6 is 0 Å². The van der Waals surface area contributed by atoms with Crippen molar-refractivity contribution in [2.75, 3.05) is 0 Å². The zero-order chi connectivity index (χ0) is 56.3. The van der Waals surface area contributed by atoms with E-state index in [2.05, 4.69) is 20.8 Å². The third kappa shape index (κ3) is 23.4. The third-order valence-corrected chi connectivity index (χ3v) is 15.1. The highest BCUT2D eigenvalue weighted by Gasteiger charge is 2.24. The molecule has 0 saturated carbocycles. The largest absolute Gasteiger partial charge is 0.507 e. The lowest BCUT2D eigenvalue weighted by Crippen LogP contribution is -2.09. The average Bonchev–Trinajstić information content (AvgIpc) is 3.44. The van der Waals surface area contributed by atoms with E-state index < -0.39 is 0 Å². The minimum Gasteiger partial charge on any atom is -0.507 e. The van der Waals surface area contributed by atoms with Gasteiger partial charge in [0.05, 0.1) is 16.7 Å². The summed E-state index contributed by atoms with van der Waals surface area (Å²) in [7, 11) is 0. The van der Waals surface area contributed by atoms with Gasteiger partial charge in [0.25, 0.3) is 0 Å². The van der Waals surface area contributed by atoms with Gasteiger partial charge in [-0.2, -0.15) is 0 Å². The van der Waals surface area contributed by atoms with Crippen LogP contribution in [-0.2, 0) is 14.4 Å². The summed E-state index contributed by atoms with van der Waals surface area (Å²) in [6.07, 6.45) is 39.5. The van der Waals surface area contributed by atoms with Gasteiger partial charge >= 0.3 is 17.9 Å². The Hall–Kier alpha value is -5.52. The Morgan fingerprint density at radius 1 is 0.321 bits per heavy atom. The quantitative estimate of drug-likeness (QED) is 0.0218. The fraction of sp³-hybridized carbons (Fsp3) is 0.636. The Bertz CT molecular complexity index is 2130. The molecule has 432 valence electrons. The highest BCUT2D eigenvalue weighted by Crippen LogP contribution is 2.42. The Kier molecular flexibility index (Phi) is 31.8. The summed E-state index contributed by atoms with van der Waals surface area (Å²) < 4.78 is 17.3. The van der Waals surface area contributed by atoms with Crippen molar-refractivity contribution in [3.8, 4) is 68.7 Å². The standard InChI is InChI=1S/C66H99N3O9/c1-7-10-13-16-19-22-25-28-31-34-37-40-58(70)76-55-46-43-52(61(73)49(55)4)64-67-65(53-44-47-56(50(5)62(53)74)77-59(71)41-38-35-32-29-26-23-20-17-14-11-8-2)69-66(68-64)54-45-48-57(51(6)63(54)75)78-60(72)42-39-36-33-30-27-24-21-18-15-12-9-3/h43-48,73-75H,7-42H2,1-6H3. The van der Waals surface area contributed by atoms with Gasteiger partial charge in [-0.1, -0.05) is 213 Å². The monoisotopic (exact) mass is 1080 g/mol. The summed E-state index contributed by atoms with van der Waals surface area (Å²) in [4.78, 5) is 53.2. The van der Waals surface area contributed by atoms with Crippen LogP contribution in [0.15, 0.2) is 36.4 Å². The molecule has 12 heteroatoms. The number of carbonyl (C=O) groups excluding carboxylic acids is 3. The summed E-state index contributed by atoms with van der Waals surface area (Å²) in [5.74, 6) is -1.16. The minimum absolute atomic E-state index is 0.00787. The van der Waals surface area contributed by atoms with Crippen molar-refractivity contribution in [1.29, 1.82) is 0 Å². The number of hydrogen-bond acceptors (Lipinski definition) is 12. The van der Waals surface area contributed by atoms with Gasteiger partial charge < -0.3 is 29.5 Å². The lowest BCUT2D eigenvalue weighted by atomic mass is 10.0. The van der Waals surface area contributed by atoms with E-state index in [4.69, 9.17) is 29.2 Å². The highest BCUT2D eigenvalue weighted by molar-refractivity contribution is 5.80. The van der Waals surface area contributed by atoms with E-state index in [1.807, 2.05) is 0 Å². The van der Waals surface area contributed by atoms with Gasteiger partial charge in [-0.15, -0.1) is 0 Å². The molecule has 0 aliphatic carbocycles. The zero-order valence-corrected chi connectivity index (χ0v) is 49.1. The number of benzene rings is 3. The van der Waals surface area contributed by atoms with Gasteiger partial charge in [0.15, 0.2) is 17.5 Å². The van der Waals surface area contributed by atoms with Gasteiger partial charge in [-0.05, 0) is 76.4 Å². The maximum Gasteiger partial charge on any atom is 0.311 e. The highest BCUT2D eigenvalue weighted by atomic mass is 16.5. The van der Waals surface area contributed by atoms with Crippen LogP contribution in [0.1, 0.15) is 269 Å². The van der Waals surface area contributed by atoms with Crippen molar-refractivity contribution in [1.82, 2.24) is 15.0 Å². The van der Waals surface area contributed by atoms with Crippen LogP contribution < -0.4 is 14.2 Å². The summed E-state index contributed by atoms with van der Waals surface area (Å²) in [6.45, 7) is 11.6. The molecule has 1 heterocycles. The molecule has 4 aromatic rings. The first-order chi connectivity index (χ1) is 37.9. The van der Waals surface area contributed by atoms with Crippen LogP contribution in [0.4, 0.5) is 0 Å². The van der Waals surface area contributed by atoms with E-state index >= 15 is 0 Å². The molecule has 0 aliphatic rings. The molecular formula is C66H99N3O9. The molecule has 12 nitrogen and oxygen atoms in total. The van der Waals surface area contributed by atoms with E-state index in [0.29, 0.717) is 16.7 Å². The number of aromatic nitrogens is 3. The lowest BCUT2D eigenvalue weighted by molar-refractivity contribution is -0.135. The molecule has 0 atom stereocenters. The number of phenolic OH excluding ortho intramolecular Hbond substituents is 3. The smallest absolute Gasteiger partial charge is 0.311 e. The normalized spacial score (nSPS) is 11.3. The molecule has 3 N–H and O–H groups in total. The second-order valence-corrected chi connectivity index (χ2v) is 21.8. The topological polar surface area (TPSA) is 178 Å². The Balaban J connectivity index is 1.49. The second-order valence-electron chi connectivity index (χ2n) is 21.8. The molecule has 78 heavy (non-hydrogen) atoms. The van der Waals surface area contributed by atoms with Crippen molar-refractivity contribution in [2.45, 2.75) is 273 Å². The van der Waals surface area contributed by atoms with Crippen molar-refractivity contribution in [3.05, 3.63) is 53.1 Å². The van der Waals surface area contributed by atoms with E-state index in [1.165, 1.54) is 135 Å². The van der Waals surface area contributed by atoms with Gasteiger partial charge in [0, 0.05) is 36.0 Å². The number of unbranched alkanes of at least 4 members (excludes halogenated alkanes) is 30. The molecule has 0 amide bonds. The minimum atomic E-state index is -0.381. The van der Waals surface area contributed by atoms with Crippen molar-refractivity contribution in [3.63, 3.8) is 0 Å². The molecular weight excluding hydrogens is 979 g/mol. The number of esters is 3. The molecule has 0 saturated heterocycles. The van der Waals surface area contributed by atoms with Crippen LogP contribution in [0.5, 0.6) is 34.5 Å².